The van der Waals surface area contributed by atoms with Crippen LogP contribution < -0.4 is 11.5 Å². The summed E-state index contributed by atoms with van der Waals surface area (Å²) in [4.78, 5) is 0. The van der Waals surface area contributed by atoms with Crippen LogP contribution in [0.4, 0.5) is 0 Å². The lowest BCUT2D eigenvalue weighted by Gasteiger charge is -1.96. The summed E-state index contributed by atoms with van der Waals surface area (Å²) in [5.74, 6) is 0. The van der Waals surface area contributed by atoms with E-state index in [2.05, 4.69) is 6.92 Å². The average molecular weight is 236 g/mol. The van der Waals surface area contributed by atoms with E-state index in [9.17, 15) is 0 Å². The maximum absolute atomic E-state index is 5.35. The molecular weight excluding hydrogens is 208 g/mol. The highest BCUT2D eigenvalue weighted by molar-refractivity contribution is 5.13. The van der Waals surface area contributed by atoms with Crippen molar-refractivity contribution in [1.82, 2.24) is 0 Å². The second-order valence-electron chi connectivity index (χ2n) is 4.25. The van der Waals surface area contributed by atoms with Gasteiger partial charge in [0.2, 0.25) is 0 Å². The quantitative estimate of drug-likeness (QED) is 0.712. The van der Waals surface area contributed by atoms with E-state index in [0.29, 0.717) is 6.54 Å². The first-order chi connectivity index (χ1) is 8.35. The second kappa shape index (κ2) is 13.2. The molecule has 0 aromatic heterocycles. The number of nitrogens with two attached hydrogens (primary N) is 2. The topological polar surface area (TPSA) is 52.0 Å². The van der Waals surface area contributed by atoms with Gasteiger partial charge in [0.1, 0.15) is 0 Å². The molecule has 1 aromatic rings. The van der Waals surface area contributed by atoms with Gasteiger partial charge in [0.15, 0.2) is 0 Å². The molecule has 0 saturated carbocycles. The summed E-state index contributed by atoms with van der Waals surface area (Å²) in [7, 11) is 0. The highest BCUT2D eigenvalue weighted by Gasteiger charge is 1.85. The third kappa shape index (κ3) is 11.4. The Morgan fingerprint density at radius 3 is 1.88 bits per heavy atom. The summed E-state index contributed by atoms with van der Waals surface area (Å²) in [5, 5.41) is 0. The molecule has 1 aromatic carbocycles. The number of hydrogen-bond donors (Lipinski definition) is 2. The zero-order valence-corrected chi connectivity index (χ0v) is 11.2. The predicted octanol–water partition coefficient (Wildman–Crippen LogP) is 3.45. The zero-order valence-electron chi connectivity index (χ0n) is 11.2. The molecule has 98 valence electrons. The SMILES string of the molecule is CCCCCCCCN.NCc1ccccc1. The molecule has 0 saturated heterocycles. The summed E-state index contributed by atoms with van der Waals surface area (Å²) in [6.07, 6.45) is 8.05. The highest BCUT2D eigenvalue weighted by atomic mass is 14.5. The lowest BCUT2D eigenvalue weighted by molar-refractivity contribution is 0.612. The molecule has 0 spiro atoms. The van der Waals surface area contributed by atoms with Gasteiger partial charge in [-0.15, -0.1) is 0 Å². The van der Waals surface area contributed by atoms with Crippen LogP contribution in [0.1, 0.15) is 51.0 Å². The van der Waals surface area contributed by atoms with Crippen LogP contribution in [0.3, 0.4) is 0 Å². The molecule has 0 aliphatic rings. The molecule has 0 amide bonds. The van der Waals surface area contributed by atoms with Gasteiger partial charge in [-0.3, -0.25) is 0 Å². The van der Waals surface area contributed by atoms with Crippen molar-refractivity contribution in [2.45, 2.75) is 52.0 Å². The molecule has 0 unspecified atom stereocenters. The third-order valence-electron chi connectivity index (χ3n) is 2.64. The van der Waals surface area contributed by atoms with Crippen LogP contribution in [0, 0.1) is 0 Å². The van der Waals surface area contributed by atoms with Crippen LogP contribution in [0.25, 0.3) is 0 Å². The van der Waals surface area contributed by atoms with E-state index in [-0.39, 0.29) is 0 Å². The van der Waals surface area contributed by atoms with Gasteiger partial charge in [0, 0.05) is 6.54 Å². The van der Waals surface area contributed by atoms with Crippen molar-refractivity contribution < 1.29 is 0 Å². The summed E-state index contributed by atoms with van der Waals surface area (Å²) in [5.41, 5.74) is 11.9. The van der Waals surface area contributed by atoms with Crippen molar-refractivity contribution >= 4 is 0 Å². The Morgan fingerprint density at radius 1 is 0.824 bits per heavy atom. The average Bonchev–Trinajstić information content (AvgIpc) is 2.40. The zero-order chi connectivity index (χ0) is 12.8. The standard InChI is InChI=1S/C8H19N.C7H9N/c1-2-3-4-5-6-7-8-9;8-6-7-4-2-1-3-5-7/h2-9H2,1H3;1-5H,6,8H2. The molecule has 0 aliphatic carbocycles. The lowest BCUT2D eigenvalue weighted by atomic mass is 10.1. The van der Waals surface area contributed by atoms with Crippen LogP contribution >= 0.6 is 0 Å². The molecule has 1 rings (SSSR count). The van der Waals surface area contributed by atoms with Gasteiger partial charge >= 0.3 is 0 Å². The molecule has 0 radical (unpaired) electrons. The first-order valence-electron chi connectivity index (χ1n) is 6.79. The molecule has 0 atom stereocenters. The van der Waals surface area contributed by atoms with Gasteiger partial charge in [-0.1, -0.05) is 69.4 Å². The largest absolute Gasteiger partial charge is 0.330 e. The van der Waals surface area contributed by atoms with Crippen molar-refractivity contribution in [2.75, 3.05) is 6.54 Å². The molecule has 0 bridgehead atoms. The fraction of sp³-hybridized carbons (Fsp3) is 0.600. The summed E-state index contributed by atoms with van der Waals surface area (Å²) in [6, 6.07) is 9.99. The normalized spacial score (nSPS) is 9.59. The molecule has 17 heavy (non-hydrogen) atoms. The van der Waals surface area contributed by atoms with E-state index in [1.54, 1.807) is 0 Å². The fourth-order valence-corrected chi connectivity index (χ4v) is 1.54. The van der Waals surface area contributed by atoms with Crippen LogP contribution in [0.15, 0.2) is 30.3 Å². The number of rotatable bonds is 7. The number of hydrogen-bond acceptors (Lipinski definition) is 2. The van der Waals surface area contributed by atoms with Gasteiger partial charge < -0.3 is 11.5 Å². The maximum Gasteiger partial charge on any atom is 0.0178 e. The van der Waals surface area contributed by atoms with Gasteiger partial charge in [-0.25, -0.2) is 0 Å². The Morgan fingerprint density at radius 2 is 1.41 bits per heavy atom. The molecule has 0 fully saturated rings. The Balaban J connectivity index is 0.000000302. The minimum atomic E-state index is 0.640. The molecule has 0 heterocycles. The number of benzene rings is 1. The smallest absolute Gasteiger partial charge is 0.0178 e. The summed E-state index contributed by atoms with van der Waals surface area (Å²) >= 11 is 0. The van der Waals surface area contributed by atoms with Crippen molar-refractivity contribution in [3.05, 3.63) is 35.9 Å². The van der Waals surface area contributed by atoms with Gasteiger partial charge in [-0.05, 0) is 18.5 Å². The van der Waals surface area contributed by atoms with Crippen molar-refractivity contribution in [3.63, 3.8) is 0 Å². The molecular formula is C15H28N2. The van der Waals surface area contributed by atoms with Crippen molar-refractivity contribution in [2.24, 2.45) is 11.5 Å². The molecule has 4 N–H and O–H groups in total. The van der Waals surface area contributed by atoms with Gasteiger partial charge in [-0.2, -0.15) is 0 Å². The summed E-state index contributed by atoms with van der Waals surface area (Å²) < 4.78 is 0. The fourth-order valence-electron chi connectivity index (χ4n) is 1.54. The Bertz CT molecular complexity index is 228. The first kappa shape index (κ1) is 16.1. The van der Waals surface area contributed by atoms with Crippen molar-refractivity contribution in [3.8, 4) is 0 Å². The predicted molar refractivity (Wildman–Crippen MR) is 76.8 cm³/mol. The minimum absolute atomic E-state index is 0.640. The van der Waals surface area contributed by atoms with E-state index in [4.69, 9.17) is 11.5 Å². The Labute approximate surface area is 106 Å². The van der Waals surface area contributed by atoms with Crippen LogP contribution in [0.5, 0.6) is 0 Å². The summed E-state index contributed by atoms with van der Waals surface area (Å²) in [6.45, 7) is 3.75. The Kier molecular flexibility index (Phi) is 12.5. The monoisotopic (exact) mass is 236 g/mol. The third-order valence-corrected chi connectivity index (χ3v) is 2.64. The van der Waals surface area contributed by atoms with Crippen LogP contribution in [0.2, 0.25) is 0 Å². The maximum atomic E-state index is 5.35. The van der Waals surface area contributed by atoms with E-state index < -0.39 is 0 Å². The van der Waals surface area contributed by atoms with Crippen LogP contribution in [-0.2, 0) is 6.54 Å². The molecule has 0 aliphatic heterocycles. The van der Waals surface area contributed by atoms with Crippen LogP contribution in [-0.4, -0.2) is 6.54 Å². The van der Waals surface area contributed by atoms with Gasteiger partial charge in [0.25, 0.3) is 0 Å². The first-order valence-corrected chi connectivity index (χ1v) is 6.79. The second-order valence-corrected chi connectivity index (χ2v) is 4.25. The van der Waals surface area contributed by atoms with E-state index in [1.807, 2.05) is 30.3 Å². The lowest BCUT2D eigenvalue weighted by Crippen LogP contribution is -1.97. The van der Waals surface area contributed by atoms with E-state index in [0.717, 1.165) is 6.54 Å². The highest BCUT2D eigenvalue weighted by Crippen LogP contribution is 2.03. The van der Waals surface area contributed by atoms with E-state index in [1.165, 1.54) is 44.1 Å². The van der Waals surface area contributed by atoms with E-state index >= 15 is 0 Å². The number of unbranched alkanes of at least 4 members (excludes halogenated alkanes) is 5. The minimum Gasteiger partial charge on any atom is -0.330 e. The van der Waals surface area contributed by atoms with Crippen molar-refractivity contribution in [1.29, 1.82) is 0 Å². The van der Waals surface area contributed by atoms with Gasteiger partial charge in [0.05, 0.1) is 0 Å². The Hall–Kier alpha value is -0.860. The molecule has 2 heteroatoms. The molecule has 2 nitrogen and oxygen atoms in total.